The average molecular weight is 262 g/mol. The van der Waals surface area contributed by atoms with E-state index in [2.05, 4.69) is 10.3 Å². The summed E-state index contributed by atoms with van der Waals surface area (Å²) in [5, 5.41) is 31.4. The molecular formula is C11H10N4O4. The minimum atomic E-state index is -0.931. The molecular weight excluding hydrogens is 252 g/mol. The Bertz CT molecular complexity index is 589. The molecule has 1 aromatic rings. The number of nitrogens with zero attached hydrogens (tertiary/aromatic N) is 3. The van der Waals surface area contributed by atoms with Crippen LogP contribution < -0.4 is 5.32 Å². The summed E-state index contributed by atoms with van der Waals surface area (Å²) in [6.07, 6.45) is 2.33. The summed E-state index contributed by atoms with van der Waals surface area (Å²) in [6.45, 7) is 0.0606. The van der Waals surface area contributed by atoms with Gasteiger partial charge in [0.05, 0.1) is 10.3 Å². The number of hydrogen-bond acceptors (Lipinski definition) is 6. The Morgan fingerprint density at radius 3 is 2.84 bits per heavy atom. The zero-order valence-corrected chi connectivity index (χ0v) is 9.79. The number of nitrogens with one attached hydrogen (secondary N) is 1. The van der Waals surface area contributed by atoms with Crippen LogP contribution in [0.25, 0.3) is 0 Å². The number of rotatable bonds is 5. The van der Waals surface area contributed by atoms with Gasteiger partial charge in [-0.3, -0.25) is 14.9 Å². The molecule has 1 aromatic heterocycles. The van der Waals surface area contributed by atoms with Gasteiger partial charge in [0.1, 0.15) is 11.6 Å². The van der Waals surface area contributed by atoms with E-state index in [9.17, 15) is 14.9 Å². The Labute approximate surface area is 107 Å². The number of carbonyl (C=O) groups is 1. The van der Waals surface area contributed by atoms with Crippen molar-refractivity contribution < 1.29 is 14.8 Å². The molecule has 0 bridgehead atoms. The molecule has 1 heterocycles. The fourth-order valence-corrected chi connectivity index (χ4v) is 1.73. The Kier molecular flexibility index (Phi) is 3.04. The van der Waals surface area contributed by atoms with Crippen LogP contribution in [0.15, 0.2) is 12.3 Å². The second-order valence-electron chi connectivity index (χ2n) is 4.36. The summed E-state index contributed by atoms with van der Waals surface area (Å²) < 4.78 is 0. The minimum absolute atomic E-state index is 0.0606. The molecule has 1 saturated carbocycles. The van der Waals surface area contributed by atoms with Gasteiger partial charge in [-0.2, -0.15) is 5.26 Å². The summed E-state index contributed by atoms with van der Waals surface area (Å²) in [5.41, 5.74) is -1.40. The first-order chi connectivity index (χ1) is 9.00. The van der Waals surface area contributed by atoms with Crippen molar-refractivity contribution in [2.75, 3.05) is 11.9 Å². The van der Waals surface area contributed by atoms with Crippen LogP contribution >= 0.6 is 0 Å². The predicted octanol–water partition coefficient (Wildman–Crippen LogP) is 1.14. The van der Waals surface area contributed by atoms with E-state index in [1.165, 1.54) is 12.3 Å². The SMILES string of the molecule is N#Cc1ccnc(NCC2(C(=O)O)CC2)c1[N+](=O)[O-]. The number of nitriles is 1. The molecule has 1 aliphatic rings. The molecule has 1 fully saturated rings. The van der Waals surface area contributed by atoms with E-state index in [0.29, 0.717) is 12.8 Å². The second-order valence-corrected chi connectivity index (χ2v) is 4.36. The van der Waals surface area contributed by atoms with Crippen LogP contribution in [0.3, 0.4) is 0 Å². The average Bonchev–Trinajstić information content (AvgIpc) is 3.16. The first-order valence-electron chi connectivity index (χ1n) is 5.51. The lowest BCUT2D eigenvalue weighted by atomic mass is 10.1. The molecule has 0 aliphatic heterocycles. The number of carboxylic acid groups (broad SMARTS) is 1. The van der Waals surface area contributed by atoms with Crippen molar-refractivity contribution in [2.24, 2.45) is 5.41 Å². The van der Waals surface area contributed by atoms with Crippen LogP contribution in [0.5, 0.6) is 0 Å². The molecule has 0 saturated heterocycles. The van der Waals surface area contributed by atoms with Crippen LogP contribution in [0, 0.1) is 26.9 Å². The van der Waals surface area contributed by atoms with E-state index in [-0.39, 0.29) is 17.9 Å². The van der Waals surface area contributed by atoms with Crippen molar-refractivity contribution in [3.8, 4) is 6.07 Å². The fourth-order valence-electron chi connectivity index (χ4n) is 1.73. The zero-order chi connectivity index (χ0) is 14.0. The summed E-state index contributed by atoms with van der Waals surface area (Å²) in [5.74, 6) is -1.00. The third-order valence-electron chi connectivity index (χ3n) is 3.13. The normalized spacial score (nSPS) is 15.3. The molecule has 0 unspecified atom stereocenters. The highest BCUT2D eigenvalue weighted by atomic mass is 16.6. The number of aromatic nitrogens is 1. The maximum atomic E-state index is 11.0. The smallest absolute Gasteiger partial charge is 0.328 e. The van der Waals surface area contributed by atoms with Crippen molar-refractivity contribution in [3.05, 3.63) is 27.9 Å². The Morgan fingerprint density at radius 2 is 2.37 bits per heavy atom. The lowest BCUT2D eigenvalue weighted by Gasteiger charge is -2.11. The van der Waals surface area contributed by atoms with Crippen molar-refractivity contribution >= 4 is 17.5 Å². The van der Waals surface area contributed by atoms with Gasteiger partial charge in [0, 0.05) is 12.7 Å². The van der Waals surface area contributed by atoms with Crippen LogP contribution in [-0.4, -0.2) is 27.5 Å². The van der Waals surface area contributed by atoms with E-state index >= 15 is 0 Å². The first kappa shape index (κ1) is 12.8. The molecule has 0 aromatic carbocycles. The quantitative estimate of drug-likeness (QED) is 0.601. The lowest BCUT2D eigenvalue weighted by molar-refractivity contribution is -0.384. The minimum Gasteiger partial charge on any atom is -0.481 e. The van der Waals surface area contributed by atoms with Crippen LogP contribution in [0.4, 0.5) is 11.5 Å². The molecule has 0 atom stereocenters. The maximum Gasteiger partial charge on any atom is 0.328 e. The van der Waals surface area contributed by atoms with Gasteiger partial charge in [0.15, 0.2) is 0 Å². The fraction of sp³-hybridized carbons (Fsp3) is 0.364. The number of anilines is 1. The molecule has 8 nitrogen and oxygen atoms in total. The summed E-state index contributed by atoms with van der Waals surface area (Å²) in [4.78, 5) is 25.0. The molecule has 98 valence electrons. The van der Waals surface area contributed by atoms with E-state index in [4.69, 9.17) is 10.4 Å². The molecule has 8 heteroatoms. The van der Waals surface area contributed by atoms with Crippen LogP contribution in [0.2, 0.25) is 0 Å². The highest BCUT2D eigenvalue weighted by molar-refractivity contribution is 5.79. The van der Waals surface area contributed by atoms with Gasteiger partial charge < -0.3 is 10.4 Å². The summed E-state index contributed by atoms with van der Waals surface area (Å²) >= 11 is 0. The molecule has 0 radical (unpaired) electrons. The van der Waals surface area contributed by atoms with Crippen molar-refractivity contribution in [3.63, 3.8) is 0 Å². The van der Waals surface area contributed by atoms with Gasteiger partial charge in [-0.05, 0) is 18.9 Å². The topological polar surface area (TPSA) is 129 Å². The van der Waals surface area contributed by atoms with Crippen molar-refractivity contribution in [2.45, 2.75) is 12.8 Å². The third kappa shape index (κ3) is 2.30. The van der Waals surface area contributed by atoms with Crippen molar-refractivity contribution in [1.82, 2.24) is 4.98 Å². The van der Waals surface area contributed by atoms with Gasteiger partial charge >= 0.3 is 11.7 Å². The molecule has 0 spiro atoms. The third-order valence-corrected chi connectivity index (χ3v) is 3.13. The standard InChI is InChI=1S/C11H10N4O4/c12-5-7-1-4-13-9(8(7)15(18)19)14-6-11(2-3-11)10(16)17/h1,4H,2-3,6H2,(H,13,14)(H,16,17). The lowest BCUT2D eigenvalue weighted by Crippen LogP contribution is -2.25. The van der Waals surface area contributed by atoms with Crippen molar-refractivity contribution in [1.29, 1.82) is 5.26 Å². The number of carboxylic acids is 1. The van der Waals surface area contributed by atoms with Gasteiger partial charge in [0.25, 0.3) is 0 Å². The van der Waals surface area contributed by atoms with Gasteiger partial charge in [-0.15, -0.1) is 0 Å². The summed E-state index contributed by atoms with van der Waals surface area (Å²) in [6, 6.07) is 2.96. The molecule has 0 amide bonds. The number of hydrogen-bond donors (Lipinski definition) is 2. The van der Waals surface area contributed by atoms with Gasteiger partial charge in [0.2, 0.25) is 5.82 Å². The highest BCUT2D eigenvalue weighted by Gasteiger charge is 2.50. The van der Waals surface area contributed by atoms with Gasteiger partial charge in [-0.25, -0.2) is 4.98 Å². The van der Waals surface area contributed by atoms with Crippen LogP contribution in [-0.2, 0) is 4.79 Å². The van der Waals surface area contributed by atoms with Crippen LogP contribution in [0.1, 0.15) is 18.4 Å². The monoisotopic (exact) mass is 262 g/mol. The highest BCUT2D eigenvalue weighted by Crippen LogP contribution is 2.46. The van der Waals surface area contributed by atoms with E-state index < -0.39 is 22.0 Å². The number of aliphatic carboxylic acids is 1. The van der Waals surface area contributed by atoms with Gasteiger partial charge in [-0.1, -0.05) is 0 Å². The Morgan fingerprint density at radius 1 is 1.68 bits per heavy atom. The number of nitro groups is 1. The molecule has 19 heavy (non-hydrogen) atoms. The molecule has 2 N–H and O–H groups in total. The number of pyridine rings is 1. The first-order valence-corrected chi connectivity index (χ1v) is 5.51. The van der Waals surface area contributed by atoms with E-state index in [0.717, 1.165) is 0 Å². The zero-order valence-electron chi connectivity index (χ0n) is 9.79. The Balaban J connectivity index is 2.24. The molecule has 2 rings (SSSR count). The molecule has 1 aliphatic carbocycles. The van der Waals surface area contributed by atoms with E-state index in [1.807, 2.05) is 0 Å². The van der Waals surface area contributed by atoms with E-state index in [1.54, 1.807) is 6.07 Å². The maximum absolute atomic E-state index is 11.0. The second kappa shape index (κ2) is 4.53. The predicted molar refractivity (Wildman–Crippen MR) is 63.4 cm³/mol. The largest absolute Gasteiger partial charge is 0.481 e. The summed E-state index contributed by atoms with van der Waals surface area (Å²) in [7, 11) is 0. The Hall–Kier alpha value is -2.69.